The Hall–Kier alpha value is -1.09. The van der Waals surface area contributed by atoms with Crippen LogP contribution in [0.15, 0.2) is 24.5 Å². The molecule has 0 radical (unpaired) electrons. The fraction of sp³-hybridized carbons (Fsp3) is 0.375. The standard InChI is InChI=1S/C8H11NO2/c10-5-2-6-11-8-3-1-4-9-7-8/h1,3-4,7,10H,2,5-6H2. The normalized spacial score (nSPS) is 9.55. The topological polar surface area (TPSA) is 42.4 Å². The molecule has 0 fully saturated rings. The quantitative estimate of drug-likeness (QED) is 0.652. The van der Waals surface area contributed by atoms with Gasteiger partial charge in [0, 0.05) is 19.2 Å². The molecule has 1 aromatic heterocycles. The number of rotatable bonds is 4. The molecule has 0 saturated carbocycles. The van der Waals surface area contributed by atoms with E-state index in [-0.39, 0.29) is 6.61 Å². The van der Waals surface area contributed by atoms with Crippen molar-refractivity contribution < 1.29 is 9.84 Å². The van der Waals surface area contributed by atoms with E-state index in [9.17, 15) is 0 Å². The van der Waals surface area contributed by atoms with Crippen molar-refractivity contribution in [3.05, 3.63) is 24.5 Å². The van der Waals surface area contributed by atoms with Crippen LogP contribution in [-0.2, 0) is 0 Å². The molecule has 0 aliphatic carbocycles. The summed E-state index contributed by atoms with van der Waals surface area (Å²) in [6, 6.07) is 3.65. The molecule has 0 aromatic carbocycles. The van der Waals surface area contributed by atoms with Gasteiger partial charge in [-0.3, -0.25) is 4.98 Å². The van der Waals surface area contributed by atoms with Gasteiger partial charge in [-0.2, -0.15) is 0 Å². The predicted octanol–water partition coefficient (Wildman–Crippen LogP) is 0.843. The van der Waals surface area contributed by atoms with Gasteiger partial charge in [0.1, 0.15) is 5.75 Å². The minimum atomic E-state index is 0.167. The van der Waals surface area contributed by atoms with Gasteiger partial charge in [0.05, 0.1) is 12.8 Å². The van der Waals surface area contributed by atoms with Crippen LogP contribution in [0.3, 0.4) is 0 Å². The Labute approximate surface area is 65.7 Å². The van der Waals surface area contributed by atoms with Crippen LogP contribution in [0.4, 0.5) is 0 Å². The van der Waals surface area contributed by atoms with Gasteiger partial charge in [0.2, 0.25) is 0 Å². The number of hydrogen-bond acceptors (Lipinski definition) is 3. The Morgan fingerprint density at radius 1 is 1.55 bits per heavy atom. The summed E-state index contributed by atoms with van der Waals surface area (Å²) in [4.78, 5) is 3.88. The molecular weight excluding hydrogens is 142 g/mol. The summed E-state index contributed by atoms with van der Waals surface area (Å²) in [5, 5.41) is 8.45. The summed E-state index contributed by atoms with van der Waals surface area (Å²) in [5.74, 6) is 0.751. The van der Waals surface area contributed by atoms with E-state index in [0.29, 0.717) is 13.0 Å². The lowest BCUT2D eigenvalue weighted by Crippen LogP contribution is -1.99. The highest BCUT2D eigenvalue weighted by Gasteiger charge is 1.89. The molecule has 0 spiro atoms. The number of ether oxygens (including phenoxy) is 1. The highest BCUT2D eigenvalue weighted by Crippen LogP contribution is 2.05. The average molecular weight is 153 g/mol. The molecule has 1 N–H and O–H groups in total. The van der Waals surface area contributed by atoms with Crippen molar-refractivity contribution in [3.63, 3.8) is 0 Å². The summed E-state index contributed by atoms with van der Waals surface area (Å²) in [6.07, 6.45) is 4.01. The molecule has 0 amide bonds. The van der Waals surface area contributed by atoms with E-state index in [1.165, 1.54) is 0 Å². The second-order valence-electron chi connectivity index (χ2n) is 2.11. The largest absolute Gasteiger partial charge is 0.492 e. The smallest absolute Gasteiger partial charge is 0.137 e. The molecule has 0 atom stereocenters. The first-order valence-corrected chi connectivity index (χ1v) is 3.57. The van der Waals surface area contributed by atoms with Gasteiger partial charge < -0.3 is 9.84 Å². The number of aromatic nitrogens is 1. The highest BCUT2D eigenvalue weighted by atomic mass is 16.5. The van der Waals surface area contributed by atoms with Gasteiger partial charge in [-0.1, -0.05) is 0 Å². The Kier molecular flexibility index (Phi) is 3.41. The van der Waals surface area contributed by atoms with Crippen LogP contribution in [0, 0.1) is 0 Å². The van der Waals surface area contributed by atoms with Crippen LogP contribution in [-0.4, -0.2) is 23.3 Å². The lowest BCUT2D eigenvalue weighted by atomic mass is 10.4. The van der Waals surface area contributed by atoms with Crippen molar-refractivity contribution in [1.82, 2.24) is 4.98 Å². The van der Waals surface area contributed by atoms with E-state index in [1.54, 1.807) is 12.4 Å². The maximum atomic E-state index is 8.45. The molecule has 0 aliphatic rings. The number of nitrogens with zero attached hydrogens (tertiary/aromatic N) is 1. The summed E-state index contributed by atoms with van der Waals surface area (Å²) in [6.45, 7) is 0.711. The van der Waals surface area contributed by atoms with Crippen LogP contribution in [0.5, 0.6) is 5.75 Å². The van der Waals surface area contributed by atoms with E-state index >= 15 is 0 Å². The molecule has 3 heteroatoms. The lowest BCUT2D eigenvalue weighted by molar-refractivity contribution is 0.233. The zero-order valence-corrected chi connectivity index (χ0v) is 6.23. The van der Waals surface area contributed by atoms with Crippen molar-refractivity contribution in [2.45, 2.75) is 6.42 Å². The molecule has 0 unspecified atom stereocenters. The van der Waals surface area contributed by atoms with Crippen LogP contribution >= 0.6 is 0 Å². The second kappa shape index (κ2) is 4.68. The zero-order valence-electron chi connectivity index (χ0n) is 6.23. The molecular formula is C8H11NO2. The minimum Gasteiger partial charge on any atom is -0.492 e. The Morgan fingerprint density at radius 2 is 2.45 bits per heavy atom. The summed E-state index contributed by atoms with van der Waals surface area (Å²) in [7, 11) is 0. The summed E-state index contributed by atoms with van der Waals surface area (Å²) >= 11 is 0. The zero-order chi connectivity index (χ0) is 7.94. The molecule has 0 bridgehead atoms. The number of aliphatic hydroxyl groups is 1. The van der Waals surface area contributed by atoms with Crippen molar-refractivity contribution in [2.75, 3.05) is 13.2 Å². The molecule has 3 nitrogen and oxygen atoms in total. The highest BCUT2D eigenvalue weighted by molar-refractivity contribution is 5.15. The Bertz CT molecular complexity index is 189. The third-order valence-corrected chi connectivity index (χ3v) is 1.21. The van der Waals surface area contributed by atoms with Crippen LogP contribution in [0.1, 0.15) is 6.42 Å². The predicted molar refractivity (Wildman–Crippen MR) is 41.4 cm³/mol. The van der Waals surface area contributed by atoms with Crippen LogP contribution < -0.4 is 4.74 Å². The van der Waals surface area contributed by atoms with E-state index in [1.807, 2.05) is 12.1 Å². The van der Waals surface area contributed by atoms with E-state index < -0.39 is 0 Å². The molecule has 1 aromatic rings. The minimum absolute atomic E-state index is 0.167. The van der Waals surface area contributed by atoms with Gasteiger partial charge >= 0.3 is 0 Å². The van der Waals surface area contributed by atoms with Gasteiger partial charge in [-0.05, 0) is 12.1 Å². The first-order valence-electron chi connectivity index (χ1n) is 3.57. The first-order chi connectivity index (χ1) is 5.43. The Morgan fingerprint density at radius 3 is 3.09 bits per heavy atom. The number of aliphatic hydroxyl groups excluding tert-OH is 1. The summed E-state index contributed by atoms with van der Waals surface area (Å²) in [5.41, 5.74) is 0. The first kappa shape index (κ1) is 8.01. The fourth-order valence-electron chi connectivity index (χ4n) is 0.687. The number of pyridine rings is 1. The monoisotopic (exact) mass is 153 g/mol. The van der Waals surface area contributed by atoms with Crippen LogP contribution in [0.25, 0.3) is 0 Å². The second-order valence-corrected chi connectivity index (χ2v) is 2.11. The SMILES string of the molecule is OCCCOc1cccnc1. The van der Waals surface area contributed by atoms with E-state index in [4.69, 9.17) is 9.84 Å². The third-order valence-electron chi connectivity index (χ3n) is 1.21. The fourth-order valence-corrected chi connectivity index (χ4v) is 0.687. The van der Waals surface area contributed by atoms with Gasteiger partial charge in [0.15, 0.2) is 0 Å². The molecule has 1 rings (SSSR count). The van der Waals surface area contributed by atoms with E-state index in [0.717, 1.165) is 5.75 Å². The molecule has 60 valence electrons. The maximum absolute atomic E-state index is 8.45. The molecule has 0 aliphatic heterocycles. The van der Waals surface area contributed by atoms with Gasteiger partial charge in [0.25, 0.3) is 0 Å². The Balaban J connectivity index is 2.28. The average Bonchev–Trinajstić information content (AvgIpc) is 2.07. The van der Waals surface area contributed by atoms with Crippen molar-refractivity contribution >= 4 is 0 Å². The van der Waals surface area contributed by atoms with Crippen LogP contribution in [0.2, 0.25) is 0 Å². The number of hydrogen-bond donors (Lipinski definition) is 1. The molecule has 11 heavy (non-hydrogen) atoms. The third kappa shape index (κ3) is 3.00. The lowest BCUT2D eigenvalue weighted by Gasteiger charge is -2.02. The molecule has 0 saturated heterocycles. The summed E-state index contributed by atoms with van der Waals surface area (Å²) < 4.78 is 5.22. The van der Waals surface area contributed by atoms with Gasteiger partial charge in [-0.15, -0.1) is 0 Å². The van der Waals surface area contributed by atoms with Crippen molar-refractivity contribution in [2.24, 2.45) is 0 Å². The van der Waals surface area contributed by atoms with Crippen molar-refractivity contribution in [3.8, 4) is 5.75 Å². The molecule has 1 heterocycles. The van der Waals surface area contributed by atoms with E-state index in [2.05, 4.69) is 4.98 Å². The van der Waals surface area contributed by atoms with Gasteiger partial charge in [-0.25, -0.2) is 0 Å². The van der Waals surface area contributed by atoms with Crippen molar-refractivity contribution in [1.29, 1.82) is 0 Å². The maximum Gasteiger partial charge on any atom is 0.137 e.